The van der Waals surface area contributed by atoms with Crippen molar-refractivity contribution in [1.82, 2.24) is 10.2 Å². The predicted molar refractivity (Wildman–Crippen MR) is 56.1 cm³/mol. The second kappa shape index (κ2) is 5.48. The van der Waals surface area contributed by atoms with Crippen LogP contribution in [0.4, 0.5) is 4.79 Å². The van der Waals surface area contributed by atoms with E-state index in [1.54, 1.807) is 0 Å². The number of hydrogen-bond acceptors (Lipinski definition) is 4. The summed E-state index contributed by atoms with van der Waals surface area (Å²) >= 11 is 0. The Bertz CT molecular complexity index is 333. The first-order valence-electron chi connectivity index (χ1n) is 5.10. The summed E-state index contributed by atoms with van der Waals surface area (Å²) in [7, 11) is 0. The second-order valence-electron chi connectivity index (χ2n) is 3.69. The van der Waals surface area contributed by atoms with Gasteiger partial charge >= 0.3 is 12.0 Å². The van der Waals surface area contributed by atoms with Crippen LogP contribution >= 0.6 is 0 Å². The molecule has 8 heteroatoms. The molecule has 0 aromatic rings. The van der Waals surface area contributed by atoms with Gasteiger partial charge in [0.1, 0.15) is 6.04 Å². The van der Waals surface area contributed by atoms with Gasteiger partial charge in [-0.2, -0.15) is 0 Å². The second-order valence-corrected chi connectivity index (χ2v) is 3.69. The summed E-state index contributed by atoms with van der Waals surface area (Å²) in [5.74, 6) is -1.62. The van der Waals surface area contributed by atoms with Gasteiger partial charge in [0.2, 0.25) is 5.91 Å². The first kappa shape index (κ1) is 13.2. The lowest BCUT2D eigenvalue weighted by Gasteiger charge is -2.34. The summed E-state index contributed by atoms with van der Waals surface area (Å²) < 4.78 is 5.00. The lowest BCUT2D eigenvalue weighted by molar-refractivity contribution is -0.158. The maximum absolute atomic E-state index is 11.9. The number of ether oxygens (including phenoxy) is 1. The summed E-state index contributed by atoms with van der Waals surface area (Å²) in [5, 5.41) is 11.1. The third-order valence-corrected chi connectivity index (χ3v) is 2.43. The number of carboxylic acids is 1. The van der Waals surface area contributed by atoms with E-state index in [4.69, 9.17) is 15.6 Å². The zero-order valence-corrected chi connectivity index (χ0v) is 9.38. The Morgan fingerprint density at radius 1 is 1.53 bits per heavy atom. The molecule has 1 fully saturated rings. The number of amides is 3. The Balaban J connectivity index is 2.70. The molecule has 1 rings (SSSR count). The standard InChI is InChI=1S/C9H15N3O5/c1-5(11-9(10)16)7(13)12-2-3-17-4-6(12)8(14)15/h5-6H,2-4H2,1H3,(H,14,15)(H3,10,11,16). The number of urea groups is 1. The number of morpholine rings is 1. The maximum atomic E-state index is 11.9. The van der Waals surface area contributed by atoms with Gasteiger partial charge in [-0.1, -0.05) is 0 Å². The minimum absolute atomic E-state index is 0.0512. The van der Waals surface area contributed by atoms with E-state index in [0.29, 0.717) is 0 Å². The van der Waals surface area contributed by atoms with Crippen molar-refractivity contribution >= 4 is 17.9 Å². The summed E-state index contributed by atoms with van der Waals surface area (Å²) in [6, 6.07) is -2.70. The van der Waals surface area contributed by atoms with Crippen LogP contribution in [-0.4, -0.2) is 59.8 Å². The highest BCUT2D eigenvalue weighted by atomic mass is 16.5. The molecule has 4 N–H and O–H groups in total. The Hall–Kier alpha value is -1.83. The zero-order valence-electron chi connectivity index (χ0n) is 9.38. The SMILES string of the molecule is CC(NC(N)=O)C(=O)N1CCOCC1C(=O)O. The van der Waals surface area contributed by atoms with Crippen molar-refractivity contribution < 1.29 is 24.2 Å². The van der Waals surface area contributed by atoms with Crippen LogP contribution < -0.4 is 11.1 Å². The average molecular weight is 245 g/mol. The van der Waals surface area contributed by atoms with E-state index in [-0.39, 0.29) is 19.8 Å². The minimum Gasteiger partial charge on any atom is -0.480 e. The molecule has 2 unspecified atom stereocenters. The van der Waals surface area contributed by atoms with Gasteiger partial charge in [-0.15, -0.1) is 0 Å². The molecule has 0 radical (unpaired) electrons. The van der Waals surface area contributed by atoms with E-state index in [1.807, 2.05) is 0 Å². The lowest BCUT2D eigenvalue weighted by Crippen LogP contribution is -2.58. The van der Waals surface area contributed by atoms with Gasteiger partial charge in [0.15, 0.2) is 6.04 Å². The third-order valence-electron chi connectivity index (χ3n) is 2.43. The molecular formula is C9H15N3O5. The topological polar surface area (TPSA) is 122 Å². The molecule has 2 atom stereocenters. The number of primary amides is 1. The van der Waals surface area contributed by atoms with Gasteiger partial charge in [0, 0.05) is 6.54 Å². The van der Waals surface area contributed by atoms with Crippen molar-refractivity contribution in [3.63, 3.8) is 0 Å². The molecule has 1 saturated heterocycles. The van der Waals surface area contributed by atoms with Crippen molar-refractivity contribution in [2.45, 2.75) is 19.0 Å². The van der Waals surface area contributed by atoms with E-state index in [0.717, 1.165) is 0 Å². The molecule has 17 heavy (non-hydrogen) atoms. The first-order chi connectivity index (χ1) is 7.93. The molecule has 1 aliphatic heterocycles. The van der Waals surface area contributed by atoms with Crippen molar-refractivity contribution in [2.24, 2.45) is 5.73 Å². The minimum atomic E-state index is -1.13. The molecule has 8 nitrogen and oxygen atoms in total. The van der Waals surface area contributed by atoms with E-state index in [2.05, 4.69) is 5.32 Å². The third kappa shape index (κ3) is 3.31. The van der Waals surface area contributed by atoms with Crippen molar-refractivity contribution in [1.29, 1.82) is 0 Å². The van der Waals surface area contributed by atoms with Gasteiger partial charge in [-0.3, -0.25) is 4.79 Å². The van der Waals surface area contributed by atoms with Crippen LogP contribution in [0.5, 0.6) is 0 Å². The Labute approximate surface area is 97.7 Å². The van der Waals surface area contributed by atoms with Gasteiger partial charge in [0.05, 0.1) is 13.2 Å². The number of nitrogens with zero attached hydrogens (tertiary/aromatic N) is 1. The Kier molecular flexibility index (Phi) is 4.27. The monoisotopic (exact) mass is 245 g/mol. The fourth-order valence-corrected chi connectivity index (χ4v) is 1.60. The number of rotatable bonds is 3. The molecule has 0 aromatic heterocycles. The van der Waals surface area contributed by atoms with Crippen LogP contribution in [0.3, 0.4) is 0 Å². The van der Waals surface area contributed by atoms with Crippen LogP contribution in [0.1, 0.15) is 6.92 Å². The van der Waals surface area contributed by atoms with Crippen LogP contribution in [0.2, 0.25) is 0 Å². The summed E-state index contributed by atoms with van der Waals surface area (Å²) in [5.41, 5.74) is 4.89. The molecule has 1 heterocycles. The lowest BCUT2D eigenvalue weighted by atomic mass is 10.2. The largest absolute Gasteiger partial charge is 0.480 e. The van der Waals surface area contributed by atoms with E-state index in [9.17, 15) is 14.4 Å². The number of carboxylic acid groups (broad SMARTS) is 1. The number of nitrogens with two attached hydrogens (primary N) is 1. The molecule has 0 saturated carbocycles. The molecule has 0 aliphatic carbocycles. The highest BCUT2D eigenvalue weighted by Crippen LogP contribution is 2.09. The van der Waals surface area contributed by atoms with Crippen LogP contribution in [0.15, 0.2) is 0 Å². The first-order valence-corrected chi connectivity index (χ1v) is 5.10. The summed E-state index contributed by atoms with van der Waals surface area (Å²) in [6.07, 6.45) is 0. The average Bonchev–Trinajstić information content (AvgIpc) is 2.27. The number of aliphatic carboxylic acids is 1. The highest BCUT2D eigenvalue weighted by molar-refractivity contribution is 5.89. The molecule has 0 spiro atoms. The van der Waals surface area contributed by atoms with Crippen molar-refractivity contribution in [2.75, 3.05) is 19.8 Å². The van der Waals surface area contributed by atoms with Crippen molar-refractivity contribution in [3.05, 3.63) is 0 Å². The van der Waals surface area contributed by atoms with Gasteiger partial charge in [-0.05, 0) is 6.92 Å². The molecule has 0 aromatic carbocycles. The fourth-order valence-electron chi connectivity index (χ4n) is 1.60. The highest BCUT2D eigenvalue weighted by Gasteiger charge is 2.34. The smallest absolute Gasteiger partial charge is 0.328 e. The molecule has 3 amide bonds. The van der Waals surface area contributed by atoms with Crippen molar-refractivity contribution in [3.8, 4) is 0 Å². The molecule has 96 valence electrons. The van der Waals surface area contributed by atoms with Crippen LogP contribution in [0, 0.1) is 0 Å². The van der Waals surface area contributed by atoms with Crippen LogP contribution in [0.25, 0.3) is 0 Å². The van der Waals surface area contributed by atoms with E-state index >= 15 is 0 Å². The Morgan fingerprint density at radius 3 is 2.71 bits per heavy atom. The van der Waals surface area contributed by atoms with E-state index in [1.165, 1.54) is 11.8 Å². The van der Waals surface area contributed by atoms with Crippen LogP contribution in [-0.2, 0) is 14.3 Å². The normalized spacial score (nSPS) is 21.7. The molecule has 1 aliphatic rings. The quantitative estimate of drug-likeness (QED) is 0.550. The van der Waals surface area contributed by atoms with Gasteiger partial charge in [0.25, 0.3) is 0 Å². The number of hydrogen-bond donors (Lipinski definition) is 3. The predicted octanol–water partition coefficient (Wildman–Crippen LogP) is -1.64. The Morgan fingerprint density at radius 2 is 2.18 bits per heavy atom. The fraction of sp³-hybridized carbons (Fsp3) is 0.667. The number of nitrogens with one attached hydrogen (secondary N) is 1. The number of carbonyl (C=O) groups excluding carboxylic acids is 2. The summed E-state index contributed by atoms with van der Waals surface area (Å²) in [4.78, 5) is 34.6. The molecular weight excluding hydrogens is 230 g/mol. The zero-order chi connectivity index (χ0) is 13.0. The van der Waals surface area contributed by atoms with Gasteiger partial charge < -0.3 is 25.8 Å². The summed E-state index contributed by atoms with van der Waals surface area (Å²) in [6.45, 7) is 1.85. The number of carbonyl (C=O) groups is 3. The van der Waals surface area contributed by atoms with Gasteiger partial charge in [-0.25, -0.2) is 9.59 Å². The van der Waals surface area contributed by atoms with E-state index < -0.39 is 30.0 Å². The molecule has 0 bridgehead atoms. The maximum Gasteiger partial charge on any atom is 0.328 e.